The number of aromatic nitrogens is 1. The van der Waals surface area contributed by atoms with Crippen molar-refractivity contribution in [2.45, 2.75) is 19.1 Å². The van der Waals surface area contributed by atoms with Crippen molar-refractivity contribution in [3.8, 4) is 0 Å². The molecule has 1 heterocycles. The highest BCUT2D eigenvalue weighted by molar-refractivity contribution is 7.81. The number of rotatable bonds is 2. The van der Waals surface area contributed by atoms with E-state index < -0.39 is 0 Å². The van der Waals surface area contributed by atoms with Gasteiger partial charge < -0.3 is 10.5 Å². The van der Waals surface area contributed by atoms with Crippen molar-refractivity contribution in [1.82, 2.24) is 4.98 Å². The number of nitrogen functional groups attached to an aromatic ring is 1. The zero-order valence-corrected chi connectivity index (χ0v) is 9.85. The normalized spacial score (nSPS) is 11.1. The molecule has 2 N–H and O–H groups in total. The predicted molar refractivity (Wildman–Crippen MR) is 61.6 cm³/mol. The third kappa shape index (κ3) is 6.73. The summed E-state index contributed by atoms with van der Waals surface area (Å²) in [6.45, 7) is 3.89. The Morgan fingerprint density at radius 1 is 1.86 bits per heavy atom. The van der Waals surface area contributed by atoms with Crippen LogP contribution in [0.25, 0.3) is 0 Å². The molecule has 0 aliphatic rings. The van der Waals surface area contributed by atoms with Gasteiger partial charge in [-0.2, -0.15) is 12.6 Å². The molecule has 0 radical (unpaired) electrons. The number of anilines is 1. The van der Waals surface area contributed by atoms with Crippen LogP contribution in [0.1, 0.15) is 13.8 Å². The first-order valence-corrected chi connectivity index (χ1v) is 5.46. The van der Waals surface area contributed by atoms with Crippen molar-refractivity contribution < 1.29 is 9.53 Å². The lowest BCUT2D eigenvalue weighted by molar-refractivity contribution is -0.142. The van der Waals surface area contributed by atoms with Crippen LogP contribution >= 0.6 is 24.0 Å². The Bertz CT molecular complexity index is 250. The van der Waals surface area contributed by atoms with E-state index in [4.69, 9.17) is 5.73 Å². The molecule has 4 nitrogen and oxygen atoms in total. The Kier molecular flexibility index (Phi) is 7.23. The molecule has 0 saturated carbocycles. The van der Waals surface area contributed by atoms with Gasteiger partial charge in [-0.05, 0) is 13.8 Å². The van der Waals surface area contributed by atoms with Crippen LogP contribution in [0.5, 0.6) is 0 Å². The number of esters is 1. The van der Waals surface area contributed by atoms with Gasteiger partial charge in [-0.1, -0.05) is 0 Å². The van der Waals surface area contributed by atoms with Crippen molar-refractivity contribution in [3.05, 3.63) is 11.7 Å². The second-order valence-corrected chi connectivity index (χ2v) is 4.02. The number of ether oxygens (including phenoxy) is 1. The van der Waals surface area contributed by atoms with Gasteiger partial charge in [-0.3, -0.25) is 9.78 Å². The SMILES string of the molecule is CCOC(=O)C(C)S.Nc1cncs1. The van der Waals surface area contributed by atoms with E-state index in [1.807, 2.05) is 0 Å². The molecule has 0 aliphatic carbocycles. The number of hydrogen-bond acceptors (Lipinski definition) is 6. The Balaban J connectivity index is 0.000000249. The second kappa shape index (κ2) is 7.64. The predicted octanol–water partition coefficient (Wildman–Crippen LogP) is 1.59. The minimum absolute atomic E-state index is 0.254. The van der Waals surface area contributed by atoms with Crippen LogP contribution in [0.15, 0.2) is 11.7 Å². The minimum atomic E-state index is -0.296. The van der Waals surface area contributed by atoms with Crippen LogP contribution in [0.3, 0.4) is 0 Å². The fraction of sp³-hybridized carbons (Fsp3) is 0.500. The molecule has 0 saturated heterocycles. The number of carbonyl (C=O) groups excluding carboxylic acids is 1. The summed E-state index contributed by atoms with van der Waals surface area (Å²) in [6, 6.07) is 0. The first kappa shape index (κ1) is 13.2. The molecular formula is C8H14N2O2S2. The molecule has 0 bridgehead atoms. The first-order valence-electron chi connectivity index (χ1n) is 4.06. The summed E-state index contributed by atoms with van der Waals surface area (Å²) in [7, 11) is 0. The number of hydrogen-bond donors (Lipinski definition) is 2. The minimum Gasteiger partial charge on any atom is -0.465 e. The zero-order valence-electron chi connectivity index (χ0n) is 8.14. The third-order valence-electron chi connectivity index (χ3n) is 1.08. The van der Waals surface area contributed by atoms with Crippen LogP contribution in [-0.2, 0) is 9.53 Å². The lowest BCUT2D eigenvalue weighted by Crippen LogP contribution is -2.13. The topological polar surface area (TPSA) is 65.2 Å². The van der Waals surface area contributed by atoms with Crippen molar-refractivity contribution in [1.29, 1.82) is 0 Å². The van der Waals surface area contributed by atoms with Gasteiger partial charge in [0.1, 0.15) is 5.00 Å². The highest BCUT2D eigenvalue weighted by atomic mass is 32.1. The van der Waals surface area contributed by atoms with Gasteiger partial charge >= 0.3 is 5.97 Å². The van der Waals surface area contributed by atoms with E-state index in [1.54, 1.807) is 25.6 Å². The molecule has 0 amide bonds. The maximum Gasteiger partial charge on any atom is 0.318 e. The van der Waals surface area contributed by atoms with Crippen LogP contribution < -0.4 is 5.73 Å². The van der Waals surface area contributed by atoms with Crippen LogP contribution in [0.2, 0.25) is 0 Å². The van der Waals surface area contributed by atoms with Crippen LogP contribution in [0.4, 0.5) is 5.00 Å². The zero-order chi connectivity index (χ0) is 11.0. The Labute approximate surface area is 92.9 Å². The van der Waals surface area contributed by atoms with E-state index >= 15 is 0 Å². The average molecular weight is 234 g/mol. The van der Waals surface area contributed by atoms with E-state index in [0.717, 1.165) is 5.00 Å². The first-order chi connectivity index (χ1) is 6.57. The molecule has 0 aromatic carbocycles. The molecule has 1 unspecified atom stereocenters. The Morgan fingerprint density at radius 3 is 2.64 bits per heavy atom. The van der Waals surface area contributed by atoms with Crippen molar-refractivity contribution in [3.63, 3.8) is 0 Å². The van der Waals surface area contributed by atoms with E-state index in [2.05, 4.69) is 22.3 Å². The van der Waals surface area contributed by atoms with Crippen LogP contribution in [-0.4, -0.2) is 22.8 Å². The van der Waals surface area contributed by atoms with Gasteiger partial charge in [-0.25, -0.2) is 0 Å². The van der Waals surface area contributed by atoms with Gasteiger partial charge in [0.05, 0.1) is 23.6 Å². The molecule has 0 fully saturated rings. The van der Waals surface area contributed by atoms with Crippen LogP contribution in [0, 0.1) is 0 Å². The lowest BCUT2D eigenvalue weighted by Gasteiger charge is -2.01. The fourth-order valence-electron chi connectivity index (χ4n) is 0.488. The summed E-state index contributed by atoms with van der Waals surface area (Å²) in [5, 5.41) is 0.477. The molecule has 1 atom stereocenters. The molecular weight excluding hydrogens is 220 g/mol. The summed E-state index contributed by atoms with van der Waals surface area (Å²) in [5.41, 5.74) is 6.94. The van der Waals surface area contributed by atoms with Crippen molar-refractivity contribution >= 4 is 34.9 Å². The van der Waals surface area contributed by atoms with Gasteiger partial charge in [0.15, 0.2) is 0 Å². The number of thiazole rings is 1. The van der Waals surface area contributed by atoms with Gasteiger partial charge in [0.25, 0.3) is 0 Å². The molecule has 1 rings (SSSR count). The summed E-state index contributed by atoms with van der Waals surface area (Å²) >= 11 is 5.30. The molecule has 6 heteroatoms. The van der Waals surface area contributed by atoms with E-state index in [9.17, 15) is 4.79 Å². The third-order valence-corrected chi connectivity index (χ3v) is 1.89. The summed E-state index contributed by atoms with van der Waals surface area (Å²) in [4.78, 5) is 14.2. The maximum atomic E-state index is 10.4. The monoisotopic (exact) mass is 234 g/mol. The molecule has 0 spiro atoms. The number of thiol groups is 1. The quantitative estimate of drug-likeness (QED) is 0.602. The summed E-state index contributed by atoms with van der Waals surface area (Å²) < 4.78 is 4.59. The Hall–Kier alpha value is -0.750. The smallest absolute Gasteiger partial charge is 0.318 e. The Morgan fingerprint density at radius 2 is 2.50 bits per heavy atom. The molecule has 1 aromatic heterocycles. The number of carbonyl (C=O) groups is 1. The average Bonchev–Trinajstić information content (AvgIpc) is 2.57. The molecule has 80 valence electrons. The lowest BCUT2D eigenvalue weighted by atomic mass is 10.5. The number of nitrogens with zero attached hydrogens (tertiary/aromatic N) is 1. The van der Waals surface area contributed by atoms with E-state index in [0.29, 0.717) is 6.61 Å². The number of nitrogens with two attached hydrogens (primary N) is 1. The van der Waals surface area contributed by atoms with Gasteiger partial charge in [0, 0.05) is 0 Å². The van der Waals surface area contributed by atoms with Gasteiger partial charge in [0.2, 0.25) is 0 Å². The molecule has 14 heavy (non-hydrogen) atoms. The highest BCUT2D eigenvalue weighted by Gasteiger charge is 2.06. The molecule has 1 aromatic rings. The van der Waals surface area contributed by atoms with Gasteiger partial charge in [-0.15, -0.1) is 11.3 Å². The van der Waals surface area contributed by atoms with Crippen molar-refractivity contribution in [2.75, 3.05) is 12.3 Å². The fourth-order valence-corrected chi connectivity index (χ4v) is 0.928. The van der Waals surface area contributed by atoms with Crippen molar-refractivity contribution in [2.24, 2.45) is 0 Å². The highest BCUT2D eigenvalue weighted by Crippen LogP contribution is 2.04. The summed E-state index contributed by atoms with van der Waals surface area (Å²) in [5.74, 6) is -0.254. The summed E-state index contributed by atoms with van der Waals surface area (Å²) in [6.07, 6.45) is 1.63. The maximum absolute atomic E-state index is 10.4. The molecule has 0 aliphatic heterocycles. The second-order valence-electron chi connectivity index (χ2n) is 2.33. The van der Waals surface area contributed by atoms with E-state index in [-0.39, 0.29) is 11.2 Å². The largest absolute Gasteiger partial charge is 0.465 e. The standard InChI is InChI=1S/C5H10O2S.C3H4N2S/c1-3-7-5(6)4(2)8;4-3-1-5-2-6-3/h4,8H,3H2,1-2H3;1-2H,4H2. The van der Waals surface area contributed by atoms with E-state index in [1.165, 1.54) is 11.3 Å².